The van der Waals surface area contributed by atoms with Crippen molar-refractivity contribution in [2.24, 2.45) is 0 Å². The maximum atomic E-state index is 14.8. The molecule has 5 rings (SSSR count). The van der Waals surface area contributed by atoms with Crippen molar-refractivity contribution in [3.05, 3.63) is 58.4 Å². The third-order valence-electron chi connectivity index (χ3n) is 6.36. The highest BCUT2D eigenvalue weighted by Crippen LogP contribution is 2.49. The molecule has 0 atom stereocenters. The number of amides is 2. The van der Waals surface area contributed by atoms with E-state index in [0.29, 0.717) is 24.8 Å². The number of nitrogens with zero attached hydrogens (tertiary/aromatic N) is 3. The topological polar surface area (TPSA) is 76.4 Å². The fourth-order valence-electron chi connectivity index (χ4n) is 4.65. The number of nitriles is 1. The Morgan fingerprint density at radius 2 is 1.85 bits per heavy atom. The van der Waals surface area contributed by atoms with E-state index in [1.54, 1.807) is 6.07 Å². The van der Waals surface area contributed by atoms with Crippen LogP contribution in [0.1, 0.15) is 46.3 Å². The number of carbonyl (C=O) groups is 2. The summed E-state index contributed by atoms with van der Waals surface area (Å²) in [6, 6.07) is 7.15. The van der Waals surface area contributed by atoms with Gasteiger partial charge in [-0.15, -0.1) is 0 Å². The van der Waals surface area contributed by atoms with Crippen LogP contribution >= 0.6 is 12.2 Å². The van der Waals surface area contributed by atoms with E-state index in [2.05, 4.69) is 5.32 Å². The zero-order valence-electron chi connectivity index (χ0n) is 16.8. The maximum absolute atomic E-state index is 14.8. The first-order valence-electron chi connectivity index (χ1n) is 9.99. The number of nitrogens with one attached hydrogen (secondary N) is 1. The first-order valence-corrected chi connectivity index (χ1v) is 10.4. The summed E-state index contributed by atoms with van der Waals surface area (Å²) in [7, 11) is 0. The van der Waals surface area contributed by atoms with Gasteiger partial charge in [0.1, 0.15) is 11.4 Å². The molecule has 1 N–H and O–H groups in total. The van der Waals surface area contributed by atoms with Crippen molar-refractivity contribution in [1.29, 1.82) is 5.26 Å². The Balaban J connectivity index is 1.62. The lowest BCUT2D eigenvalue weighted by atomic mass is 9.75. The average Bonchev–Trinajstić information content (AvgIpc) is 3.21. The predicted octanol–water partition coefficient (Wildman–Crippen LogP) is 4.02. The number of hydrogen-bond donors (Lipinski definition) is 1. The van der Waals surface area contributed by atoms with E-state index in [0.717, 1.165) is 23.1 Å². The molecule has 33 heavy (non-hydrogen) atoms. The highest BCUT2D eigenvalue weighted by Gasteiger charge is 2.60. The predicted molar refractivity (Wildman–Crippen MR) is 113 cm³/mol. The molecule has 3 aliphatic rings. The minimum Gasteiger partial charge on any atom is -0.348 e. The summed E-state index contributed by atoms with van der Waals surface area (Å²) in [5, 5.41) is 11.5. The third kappa shape index (κ3) is 2.94. The van der Waals surface area contributed by atoms with Gasteiger partial charge < -0.3 is 10.2 Å². The van der Waals surface area contributed by atoms with E-state index >= 15 is 0 Å². The van der Waals surface area contributed by atoms with Gasteiger partial charge in [0.2, 0.25) is 0 Å². The summed E-state index contributed by atoms with van der Waals surface area (Å²) in [5.74, 6) is -1.81. The van der Waals surface area contributed by atoms with Gasteiger partial charge in [-0.1, -0.05) is 0 Å². The molecule has 0 aromatic heterocycles. The second kappa shape index (κ2) is 6.99. The molecule has 2 heterocycles. The van der Waals surface area contributed by atoms with E-state index in [9.17, 15) is 27.2 Å². The quantitative estimate of drug-likeness (QED) is 0.526. The minimum absolute atomic E-state index is 0.0726. The van der Waals surface area contributed by atoms with Crippen LogP contribution in [-0.4, -0.2) is 22.5 Å². The molecule has 2 fully saturated rings. The normalized spacial score (nSPS) is 18.9. The molecule has 2 aromatic rings. The lowest BCUT2D eigenvalue weighted by Gasteiger charge is -2.43. The lowest BCUT2D eigenvalue weighted by molar-refractivity contribution is -0.137. The lowest BCUT2D eigenvalue weighted by Crippen LogP contribution is -2.55. The zero-order chi connectivity index (χ0) is 23.7. The van der Waals surface area contributed by atoms with Crippen LogP contribution in [0.5, 0.6) is 0 Å². The Hall–Kier alpha value is -3.52. The standard InChI is InChI=1S/C22H14F4N4O2S/c23-16-8-14(6-12-10-28-18(31)17(12)16)30-20(33)29(19(32)21(30)4-1-5-21)13-3-2-11(9-27)15(7-13)22(24,25)26/h2-3,6-8H,1,4-5,10H2,(H,28,31). The van der Waals surface area contributed by atoms with Crippen LogP contribution in [-0.2, 0) is 17.5 Å². The summed E-state index contributed by atoms with van der Waals surface area (Å²) in [5.41, 5.74) is -2.41. The first-order chi connectivity index (χ1) is 15.6. The molecular formula is C22H14F4N4O2S. The highest BCUT2D eigenvalue weighted by atomic mass is 32.1. The van der Waals surface area contributed by atoms with Crippen molar-refractivity contribution in [2.75, 3.05) is 9.80 Å². The summed E-state index contributed by atoms with van der Waals surface area (Å²) in [6.45, 7) is 0.120. The maximum Gasteiger partial charge on any atom is 0.417 e. The highest BCUT2D eigenvalue weighted by molar-refractivity contribution is 7.81. The molecule has 1 aliphatic carbocycles. The van der Waals surface area contributed by atoms with Gasteiger partial charge in [-0.25, -0.2) is 4.39 Å². The van der Waals surface area contributed by atoms with Gasteiger partial charge in [-0.05, 0) is 67.4 Å². The Labute approximate surface area is 190 Å². The van der Waals surface area contributed by atoms with Crippen molar-refractivity contribution in [2.45, 2.75) is 37.5 Å². The molecule has 2 aliphatic heterocycles. The number of carbonyl (C=O) groups excluding carboxylic acids is 2. The minimum atomic E-state index is -4.80. The fourth-order valence-corrected chi connectivity index (χ4v) is 5.11. The van der Waals surface area contributed by atoms with Gasteiger partial charge >= 0.3 is 6.18 Å². The van der Waals surface area contributed by atoms with Gasteiger partial charge in [0.25, 0.3) is 11.8 Å². The number of benzene rings is 2. The van der Waals surface area contributed by atoms with E-state index in [4.69, 9.17) is 17.5 Å². The van der Waals surface area contributed by atoms with Crippen molar-refractivity contribution >= 4 is 40.5 Å². The van der Waals surface area contributed by atoms with Crippen LogP contribution in [0.25, 0.3) is 0 Å². The number of alkyl halides is 3. The van der Waals surface area contributed by atoms with Crippen molar-refractivity contribution in [1.82, 2.24) is 5.32 Å². The summed E-state index contributed by atoms with van der Waals surface area (Å²) < 4.78 is 55.2. The van der Waals surface area contributed by atoms with Gasteiger partial charge in [-0.2, -0.15) is 18.4 Å². The number of rotatable bonds is 2. The number of hydrogen-bond acceptors (Lipinski definition) is 4. The van der Waals surface area contributed by atoms with Crippen LogP contribution in [0, 0.1) is 17.1 Å². The zero-order valence-corrected chi connectivity index (χ0v) is 17.6. The first kappa shape index (κ1) is 21.3. The van der Waals surface area contributed by atoms with E-state index in [1.807, 2.05) is 0 Å². The van der Waals surface area contributed by atoms with Crippen molar-refractivity contribution in [3.63, 3.8) is 0 Å². The van der Waals surface area contributed by atoms with Crippen LogP contribution in [0.3, 0.4) is 0 Å². The smallest absolute Gasteiger partial charge is 0.348 e. The Morgan fingerprint density at radius 3 is 2.45 bits per heavy atom. The van der Waals surface area contributed by atoms with Crippen molar-refractivity contribution in [3.8, 4) is 6.07 Å². The Morgan fingerprint density at radius 1 is 1.12 bits per heavy atom. The SMILES string of the molecule is N#Cc1ccc(N2C(=O)C3(CCC3)N(c3cc(F)c4c(c3)CNC4=O)C2=S)cc1C(F)(F)F. The summed E-state index contributed by atoms with van der Waals surface area (Å²) in [6.07, 6.45) is -3.34. The molecule has 168 valence electrons. The third-order valence-corrected chi connectivity index (χ3v) is 6.73. The second-order valence-electron chi connectivity index (χ2n) is 8.13. The van der Waals surface area contributed by atoms with E-state index in [1.165, 1.54) is 17.0 Å². The molecule has 6 nitrogen and oxygen atoms in total. The van der Waals surface area contributed by atoms with Crippen LogP contribution < -0.4 is 15.1 Å². The molecular weight excluding hydrogens is 460 g/mol. The second-order valence-corrected chi connectivity index (χ2v) is 8.49. The Kier molecular flexibility index (Phi) is 4.52. The van der Waals surface area contributed by atoms with Crippen LogP contribution in [0.15, 0.2) is 30.3 Å². The van der Waals surface area contributed by atoms with Gasteiger partial charge in [0.05, 0.1) is 28.4 Å². The molecule has 1 saturated heterocycles. The number of anilines is 2. The van der Waals surface area contributed by atoms with Crippen molar-refractivity contribution < 1.29 is 27.2 Å². The van der Waals surface area contributed by atoms with Crippen LogP contribution in [0.2, 0.25) is 0 Å². The number of fused-ring (bicyclic) bond motifs is 1. The number of thiocarbonyl (C=S) groups is 1. The molecule has 11 heteroatoms. The molecule has 0 bridgehead atoms. The molecule has 1 spiro atoms. The van der Waals surface area contributed by atoms with E-state index < -0.39 is 40.5 Å². The van der Waals surface area contributed by atoms with Gasteiger partial charge in [0.15, 0.2) is 5.11 Å². The number of halogens is 4. The monoisotopic (exact) mass is 474 g/mol. The molecule has 0 radical (unpaired) electrons. The Bertz CT molecular complexity index is 1300. The van der Waals surface area contributed by atoms with Gasteiger partial charge in [-0.3, -0.25) is 14.5 Å². The molecule has 0 unspecified atom stereocenters. The summed E-state index contributed by atoms with van der Waals surface area (Å²) in [4.78, 5) is 27.8. The molecule has 2 amide bonds. The fraction of sp³-hybridized carbons (Fsp3) is 0.273. The van der Waals surface area contributed by atoms with Crippen LogP contribution in [0.4, 0.5) is 28.9 Å². The average molecular weight is 474 g/mol. The largest absolute Gasteiger partial charge is 0.417 e. The molecule has 2 aromatic carbocycles. The molecule has 1 saturated carbocycles. The van der Waals surface area contributed by atoms with E-state index in [-0.39, 0.29) is 28.6 Å². The van der Waals surface area contributed by atoms with Gasteiger partial charge in [0, 0.05) is 12.2 Å². The summed E-state index contributed by atoms with van der Waals surface area (Å²) >= 11 is 5.52.